The fourth-order valence-corrected chi connectivity index (χ4v) is 3.34. The Morgan fingerprint density at radius 2 is 1.57 bits per heavy atom. The van der Waals surface area contributed by atoms with Crippen LogP contribution in [0.1, 0.15) is 16.7 Å². The molecule has 2 rings (SSSR count). The average molecular weight is 321 g/mol. The second-order valence-electron chi connectivity index (χ2n) is 4.60. The van der Waals surface area contributed by atoms with Crippen LogP contribution in [-0.2, 0) is 22.7 Å². The van der Waals surface area contributed by atoms with Crippen LogP contribution < -0.4 is 11.3 Å². The van der Waals surface area contributed by atoms with Gasteiger partial charge in [0.25, 0.3) is 0 Å². The van der Waals surface area contributed by atoms with E-state index in [1.54, 1.807) is 11.8 Å². The highest BCUT2D eigenvalue weighted by atomic mass is 35.5. The van der Waals surface area contributed by atoms with E-state index in [1.807, 2.05) is 48.5 Å². The molecule has 110 valence electrons. The Morgan fingerprint density at radius 3 is 2.24 bits per heavy atom. The van der Waals surface area contributed by atoms with E-state index in [1.165, 1.54) is 0 Å². The Bertz CT molecular complexity index is 619. The zero-order chi connectivity index (χ0) is 15.1. The highest BCUT2D eigenvalue weighted by Crippen LogP contribution is 2.24. The van der Waals surface area contributed by atoms with Gasteiger partial charge in [0.2, 0.25) is 5.91 Å². The summed E-state index contributed by atoms with van der Waals surface area (Å²) >= 11 is 7.92. The SMILES string of the molecule is NNC(=O)Cc1ccccc1CSCc1ccccc1Cl. The Balaban J connectivity index is 1.97. The van der Waals surface area contributed by atoms with E-state index in [2.05, 4.69) is 5.43 Å². The van der Waals surface area contributed by atoms with Gasteiger partial charge in [-0.15, -0.1) is 0 Å². The first-order chi connectivity index (χ1) is 10.2. The summed E-state index contributed by atoms with van der Waals surface area (Å²) in [6.45, 7) is 0. The molecule has 2 aromatic rings. The maximum absolute atomic E-state index is 11.4. The summed E-state index contributed by atoms with van der Waals surface area (Å²) < 4.78 is 0. The molecule has 0 saturated heterocycles. The zero-order valence-electron chi connectivity index (χ0n) is 11.5. The van der Waals surface area contributed by atoms with Gasteiger partial charge >= 0.3 is 0 Å². The Hall–Kier alpha value is -1.49. The van der Waals surface area contributed by atoms with E-state index in [-0.39, 0.29) is 5.91 Å². The summed E-state index contributed by atoms with van der Waals surface area (Å²) in [5.74, 6) is 6.64. The molecule has 0 aliphatic rings. The van der Waals surface area contributed by atoms with E-state index in [9.17, 15) is 4.79 Å². The molecule has 2 aromatic carbocycles. The van der Waals surface area contributed by atoms with Crippen LogP contribution >= 0.6 is 23.4 Å². The van der Waals surface area contributed by atoms with Crippen molar-refractivity contribution in [2.75, 3.05) is 0 Å². The molecule has 0 aromatic heterocycles. The summed E-state index contributed by atoms with van der Waals surface area (Å²) in [5, 5.41) is 0.792. The maximum atomic E-state index is 11.4. The lowest BCUT2D eigenvalue weighted by atomic mass is 10.1. The van der Waals surface area contributed by atoms with Crippen LogP contribution in [0, 0.1) is 0 Å². The molecule has 0 saturated carbocycles. The third-order valence-electron chi connectivity index (χ3n) is 3.10. The quantitative estimate of drug-likeness (QED) is 0.488. The first-order valence-electron chi connectivity index (χ1n) is 6.58. The topological polar surface area (TPSA) is 55.1 Å². The number of hydrogen-bond acceptors (Lipinski definition) is 3. The normalized spacial score (nSPS) is 10.4. The van der Waals surface area contributed by atoms with Crippen molar-refractivity contribution in [3.05, 3.63) is 70.2 Å². The van der Waals surface area contributed by atoms with Crippen molar-refractivity contribution in [3.63, 3.8) is 0 Å². The second-order valence-corrected chi connectivity index (χ2v) is 5.99. The Labute approximate surface area is 133 Å². The number of carbonyl (C=O) groups is 1. The van der Waals surface area contributed by atoms with E-state index >= 15 is 0 Å². The molecule has 0 bridgehead atoms. The van der Waals surface area contributed by atoms with Gasteiger partial charge in [-0.3, -0.25) is 10.2 Å². The van der Waals surface area contributed by atoms with Gasteiger partial charge in [0.15, 0.2) is 0 Å². The first-order valence-corrected chi connectivity index (χ1v) is 8.11. The number of thioether (sulfide) groups is 1. The summed E-state index contributed by atoms with van der Waals surface area (Å²) in [7, 11) is 0. The number of nitrogens with one attached hydrogen (secondary N) is 1. The number of rotatable bonds is 6. The lowest BCUT2D eigenvalue weighted by Crippen LogP contribution is -2.31. The zero-order valence-corrected chi connectivity index (χ0v) is 13.1. The summed E-state index contributed by atoms with van der Waals surface area (Å²) in [6.07, 6.45) is 0.305. The van der Waals surface area contributed by atoms with Crippen molar-refractivity contribution in [1.82, 2.24) is 5.43 Å². The Kier molecular flexibility index (Phi) is 6.11. The molecule has 0 unspecified atom stereocenters. The molecule has 0 aliphatic heterocycles. The monoisotopic (exact) mass is 320 g/mol. The minimum atomic E-state index is -0.182. The van der Waals surface area contributed by atoms with Gasteiger partial charge in [0.05, 0.1) is 6.42 Å². The van der Waals surface area contributed by atoms with Crippen LogP contribution in [0.3, 0.4) is 0 Å². The lowest BCUT2D eigenvalue weighted by Gasteiger charge is -2.09. The van der Waals surface area contributed by atoms with Gasteiger partial charge in [-0.25, -0.2) is 5.84 Å². The summed E-state index contributed by atoms with van der Waals surface area (Å²) in [4.78, 5) is 11.4. The molecule has 0 aliphatic carbocycles. The van der Waals surface area contributed by atoms with E-state index in [0.717, 1.165) is 33.2 Å². The molecule has 0 fully saturated rings. The van der Waals surface area contributed by atoms with Crippen molar-refractivity contribution in [2.45, 2.75) is 17.9 Å². The highest BCUT2D eigenvalue weighted by Gasteiger charge is 2.07. The molecule has 1 amide bonds. The molecule has 21 heavy (non-hydrogen) atoms. The lowest BCUT2D eigenvalue weighted by molar-refractivity contribution is -0.120. The molecule has 0 radical (unpaired) electrons. The van der Waals surface area contributed by atoms with Gasteiger partial charge < -0.3 is 0 Å². The summed E-state index contributed by atoms with van der Waals surface area (Å²) in [5.41, 5.74) is 5.45. The fraction of sp³-hybridized carbons (Fsp3) is 0.188. The van der Waals surface area contributed by atoms with Crippen molar-refractivity contribution in [2.24, 2.45) is 5.84 Å². The highest BCUT2D eigenvalue weighted by molar-refractivity contribution is 7.97. The van der Waals surface area contributed by atoms with Gasteiger partial charge in [0, 0.05) is 16.5 Å². The second kappa shape index (κ2) is 8.08. The van der Waals surface area contributed by atoms with Crippen molar-refractivity contribution < 1.29 is 4.79 Å². The minimum Gasteiger partial charge on any atom is -0.294 e. The maximum Gasteiger partial charge on any atom is 0.238 e. The van der Waals surface area contributed by atoms with E-state index in [4.69, 9.17) is 17.4 Å². The fourth-order valence-electron chi connectivity index (χ4n) is 1.98. The predicted molar refractivity (Wildman–Crippen MR) is 88.9 cm³/mol. The molecule has 5 heteroatoms. The molecule has 3 nitrogen and oxygen atoms in total. The molecule has 3 N–H and O–H groups in total. The molecule has 0 heterocycles. The number of nitrogens with two attached hydrogens (primary N) is 1. The van der Waals surface area contributed by atoms with Gasteiger partial charge in [-0.05, 0) is 22.8 Å². The molecule has 0 spiro atoms. The standard InChI is InChI=1S/C16H17ClN2OS/c17-15-8-4-3-7-14(15)11-21-10-13-6-2-1-5-12(13)9-16(20)19-18/h1-8H,9-11,18H2,(H,19,20). The van der Waals surface area contributed by atoms with Crippen LogP contribution in [0.2, 0.25) is 5.02 Å². The summed E-state index contributed by atoms with van der Waals surface area (Å²) in [6, 6.07) is 15.8. The minimum absolute atomic E-state index is 0.182. The molecule has 0 atom stereocenters. The van der Waals surface area contributed by atoms with Crippen LogP contribution in [0.4, 0.5) is 0 Å². The number of hydrogen-bond donors (Lipinski definition) is 2. The van der Waals surface area contributed by atoms with Crippen molar-refractivity contribution >= 4 is 29.3 Å². The van der Waals surface area contributed by atoms with Crippen molar-refractivity contribution in [1.29, 1.82) is 0 Å². The third-order valence-corrected chi connectivity index (χ3v) is 4.50. The largest absolute Gasteiger partial charge is 0.294 e. The number of carbonyl (C=O) groups excluding carboxylic acids is 1. The van der Waals surface area contributed by atoms with Crippen LogP contribution in [0.5, 0.6) is 0 Å². The number of halogens is 1. The van der Waals surface area contributed by atoms with Crippen LogP contribution in [-0.4, -0.2) is 5.91 Å². The van der Waals surface area contributed by atoms with Gasteiger partial charge in [-0.2, -0.15) is 11.8 Å². The van der Waals surface area contributed by atoms with E-state index in [0.29, 0.717) is 6.42 Å². The average Bonchev–Trinajstić information content (AvgIpc) is 2.50. The molecular formula is C16H17ClN2OS. The van der Waals surface area contributed by atoms with Crippen molar-refractivity contribution in [3.8, 4) is 0 Å². The van der Waals surface area contributed by atoms with Crippen LogP contribution in [0.15, 0.2) is 48.5 Å². The third kappa shape index (κ3) is 4.77. The first kappa shape index (κ1) is 15.9. The molecular weight excluding hydrogens is 304 g/mol. The smallest absolute Gasteiger partial charge is 0.238 e. The van der Waals surface area contributed by atoms with Gasteiger partial charge in [0.1, 0.15) is 0 Å². The van der Waals surface area contributed by atoms with Crippen LogP contribution in [0.25, 0.3) is 0 Å². The number of hydrazine groups is 1. The van der Waals surface area contributed by atoms with E-state index < -0.39 is 0 Å². The number of benzene rings is 2. The predicted octanol–water partition coefficient (Wildman–Crippen LogP) is 3.31. The number of amides is 1. The Morgan fingerprint density at radius 1 is 1.00 bits per heavy atom. The van der Waals surface area contributed by atoms with Gasteiger partial charge in [-0.1, -0.05) is 54.1 Å².